The summed E-state index contributed by atoms with van der Waals surface area (Å²) in [5, 5.41) is 5.61. The summed E-state index contributed by atoms with van der Waals surface area (Å²) in [4.78, 5) is 11.3. The maximum atomic E-state index is 11.3. The molecule has 15 heavy (non-hydrogen) atoms. The lowest BCUT2D eigenvalue weighted by Gasteiger charge is -2.08. The third-order valence-electron chi connectivity index (χ3n) is 1.97. The van der Waals surface area contributed by atoms with Crippen molar-refractivity contribution >= 4 is 28.9 Å². The summed E-state index contributed by atoms with van der Waals surface area (Å²) in [5.74, 6) is -0.111. The SMILES string of the molecule is CNC(=O)c1ccc(NC(N)=S)c(C)c1. The fraction of sp³-hybridized carbons (Fsp3) is 0.200. The van der Waals surface area contributed by atoms with Crippen molar-refractivity contribution < 1.29 is 4.79 Å². The summed E-state index contributed by atoms with van der Waals surface area (Å²) in [5.41, 5.74) is 7.71. The lowest BCUT2D eigenvalue weighted by Crippen LogP contribution is -2.20. The van der Waals surface area contributed by atoms with Gasteiger partial charge in [-0.25, -0.2) is 0 Å². The van der Waals surface area contributed by atoms with Crippen molar-refractivity contribution in [3.63, 3.8) is 0 Å². The van der Waals surface area contributed by atoms with Crippen LogP contribution in [-0.2, 0) is 0 Å². The molecule has 0 unspecified atom stereocenters. The van der Waals surface area contributed by atoms with Crippen LogP contribution in [0.3, 0.4) is 0 Å². The molecule has 0 spiro atoms. The zero-order valence-electron chi connectivity index (χ0n) is 8.63. The van der Waals surface area contributed by atoms with Gasteiger partial charge in [0.05, 0.1) is 0 Å². The molecular weight excluding hydrogens is 210 g/mol. The number of benzene rings is 1. The summed E-state index contributed by atoms with van der Waals surface area (Å²) >= 11 is 4.73. The molecule has 0 aliphatic heterocycles. The summed E-state index contributed by atoms with van der Waals surface area (Å²) in [7, 11) is 1.60. The van der Waals surface area contributed by atoms with Gasteiger partial charge in [0.2, 0.25) is 0 Å². The van der Waals surface area contributed by atoms with Gasteiger partial charge in [0.15, 0.2) is 5.11 Å². The number of rotatable bonds is 2. The fourth-order valence-corrected chi connectivity index (χ4v) is 1.33. The number of amides is 1. The summed E-state index contributed by atoms with van der Waals surface area (Å²) < 4.78 is 0. The van der Waals surface area contributed by atoms with Crippen LogP contribution in [0.5, 0.6) is 0 Å². The summed E-state index contributed by atoms with van der Waals surface area (Å²) in [6.45, 7) is 1.88. The molecule has 4 N–H and O–H groups in total. The van der Waals surface area contributed by atoms with Gasteiger partial charge in [-0.1, -0.05) is 0 Å². The van der Waals surface area contributed by atoms with E-state index in [1.165, 1.54) is 0 Å². The van der Waals surface area contributed by atoms with Crippen LogP contribution in [-0.4, -0.2) is 18.1 Å². The average molecular weight is 223 g/mol. The molecule has 0 aliphatic rings. The molecule has 4 nitrogen and oxygen atoms in total. The Kier molecular flexibility index (Phi) is 3.62. The lowest BCUT2D eigenvalue weighted by atomic mass is 10.1. The molecule has 0 aliphatic carbocycles. The Labute approximate surface area is 93.9 Å². The molecule has 1 aromatic rings. The van der Waals surface area contributed by atoms with Gasteiger partial charge in [-0.15, -0.1) is 0 Å². The van der Waals surface area contributed by atoms with Crippen LogP contribution in [0.15, 0.2) is 18.2 Å². The molecule has 5 heteroatoms. The van der Waals surface area contributed by atoms with Crippen LogP contribution in [0.4, 0.5) is 5.69 Å². The van der Waals surface area contributed by atoms with E-state index < -0.39 is 0 Å². The largest absolute Gasteiger partial charge is 0.376 e. The third-order valence-corrected chi connectivity index (χ3v) is 2.08. The maximum absolute atomic E-state index is 11.3. The minimum Gasteiger partial charge on any atom is -0.376 e. The number of nitrogens with one attached hydrogen (secondary N) is 2. The number of anilines is 1. The molecule has 0 heterocycles. The number of hydrogen-bond donors (Lipinski definition) is 3. The Balaban J connectivity index is 2.97. The highest BCUT2D eigenvalue weighted by atomic mass is 32.1. The van der Waals surface area contributed by atoms with Gasteiger partial charge in [0.1, 0.15) is 0 Å². The first-order valence-corrected chi connectivity index (χ1v) is 4.84. The topological polar surface area (TPSA) is 67.2 Å². The van der Waals surface area contributed by atoms with Gasteiger partial charge in [-0.2, -0.15) is 0 Å². The minimum atomic E-state index is -0.111. The fourth-order valence-electron chi connectivity index (χ4n) is 1.22. The molecule has 0 saturated heterocycles. The Bertz CT molecular complexity index is 404. The van der Waals surface area contributed by atoms with Crippen molar-refractivity contribution in [1.82, 2.24) is 5.32 Å². The Morgan fingerprint density at radius 2 is 2.13 bits per heavy atom. The van der Waals surface area contributed by atoms with Crippen LogP contribution < -0.4 is 16.4 Å². The van der Waals surface area contributed by atoms with Gasteiger partial charge >= 0.3 is 0 Å². The van der Waals surface area contributed by atoms with Crippen LogP contribution in [0.1, 0.15) is 15.9 Å². The van der Waals surface area contributed by atoms with Crippen molar-refractivity contribution in [3.05, 3.63) is 29.3 Å². The molecule has 1 amide bonds. The predicted molar refractivity (Wildman–Crippen MR) is 65.0 cm³/mol. The highest BCUT2D eigenvalue weighted by Gasteiger charge is 2.05. The van der Waals surface area contributed by atoms with Gasteiger partial charge in [-0.05, 0) is 42.9 Å². The van der Waals surface area contributed by atoms with Gasteiger partial charge in [0, 0.05) is 18.3 Å². The highest BCUT2D eigenvalue weighted by Crippen LogP contribution is 2.16. The second-order valence-corrected chi connectivity index (χ2v) is 3.54. The van der Waals surface area contributed by atoms with Gasteiger partial charge in [-0.3, -0.25) is 4.79 Å². The number of carbonyl (C=O) groups is 1. The number of hydrogen-bond acceptors (Lipinski definition) is 2. The smallest absolute Gasteiger partial charge is 0.251 e. The van der Waals surface area contributed by atoms with Crippen LogP contribution in [0.25, 0.3) is 0 Å². The van der Waals surface area contributed by atoms with Crippen LogP contribution in [0.2, 0.25) is 0 Å². The highest BCUT2D eigenvalue weighted by molar-refractivity contribution is 7.80. The summed E-state index contributed by atoms with van der Waals surface area (Å²) in [6.07, 6.45) is 0. The molecule has 0 bridgehead atoms. The molecule has 0 atom stereocenters. The first-order valence-electron chi connectivity index (χ1n) is 4.43. The number of aryl methyl sites for hydroxylation is 1. The van der Waals surface area contributed by atoms with Crippen molar-refractivity contribution in [1.29, 1.82) is 0 Å². The molecular formula is C10H13N3OS. The normalized spacial score (nSPS) is 9.47. The molecule has 0 aromatic heterocycles. The van der Waals surface area contributed by atoms with E-state index in [0.29, 0.717) is 5.56 Å². The minimum absolute atomic E-state index is 0.111. The average Bonchev–Trinajstić information content (AvgIpc) is 2.19. The van der Waals surface area contributed by atoms with E-state index in [1.807, 2.05) is 6.92 Å². The second kappa shape index (κ2) is 4.75. The monoisotopic (exact) mass is 223 g/mol. The summed E-state index contributed by atoms with van der Waals surface area (Å²) in [6, 6.07) is 5.27. The maximum Gasteiger partial charge on any atom is 0.251 e. The molecule has 0 saturated carbocycles. The lowest BCUT2D eigenvalue weighted by molar-refractivity contribution is 0.0963. The zero-order valence-corrected chi connectivity index (χ0v) is 9.44. The van der Waals surface area contributed by atoms with E-state index in [1.54, 1.807) is 25.2 Å². The van der Waals surface area contributed by atoms with E-state index in [9.17, 15) is 4.79 Å². The third kappa shape index (κ3) is 2.92. The quantitative estimate of drug-likeness (QED) is 0.655. The van der Waals surface area contributed by atoms with E-state index >= 15 is 0 Å². The van der Waals surface area contributed by atoms with E-state index in [4.69, 9.17) is 18.0 Å². The molecule has 0 radical (unpaired) electrons. The van der Waals surface area contributed by atoms with Crippen molar-refractivity contribution in [3.8, 4) is 0 Å². The predicted octanol–water partition coefficient (Wildman–Crippen LogP) is 1.01. The van der Waals surface area contributed by atoms with Crippen molar-refractivity contribution in [2.75, 3.05) is 12.4 Å². The van der Waals surface area contributed by atoms with E-state index in [0.717, 1.165) is 11.3 Å². The van der Waals surface area contributed by atoms with E-state index in [-0.39, 0.29) is 11.0 Å². The Morgan fingerprint density at radius 1 is 1.47 bits per heavy atom. The second-order valence-electron chi connectivity index (χ2n) is 3.10. The van der Waals surface area contributed by atoms with Crippen LogP contribution in [0, 0.1) is 6.92 Å². The number of carbonyl (C=O) groups excluding carboxylic acids is 1. The van der Waals surface area contributed by atoms with Crippen LogP contribution >= 0.6 is 12.2 Å². The molecule has 1 aromatic carbocycles. The molecule has 1 rings (SSSR count). The Morgan fingerprint density at radius 3 is 2.60 bits per heavy atom. The number of nitrogens with two attached hydrogens (primary N) is 1. The Hall–Kier alpha value is -1.62. The number of thiocarbonyl (C=S) groups is 1. The first kappa shape index (κ1) is 11.5. The molecule has 80 valence electrons. The molecule has 0 fully saturated rings. The van der Waals surface area contributed by atoms with E-state index in [2.05, 4.69) is 10.6 Å². The first-order chi connectivity index (χ1) is 7.04. The van der Waals surface area contributed by atoms with Crippen molar-refractivity contribution in [2.45, 2.75) is 6.92 Å². The van der Waals surface area contributed by atoms with Gasteiger partial charge in [0.25, 0.3) is 5.91 Å². The van der Waals surface area contributed by atoms with Gasteiger partial charge < -0.3 is 16.4 Å². The zero-order chi connectivity index (χ0) is 11.4. The van der Waals surface area contributed by atoms with Crippen molar-refractivity contribution in [2.24, 2.45) is 5.73 Å². The standard InChI is InChI=1S/C10H13N3OS/c1-6-5-7(9(14)12-2)3-4-8(6)13-10(11)15/h3-5H,1-2H3,(H,12,14)(H3,11,13,15).